The first-order valence-corrected chi connectivity index (χ1v) is 6.35. The Bertz CT molecular complexity index is 160. The van der Waals surface area contributed by atoms with Gasteiger partial charge >= 0.3 is 0 Å². The minimum absolute atomic E-state index is 0.841. The van der Waals surface area contributed by atoms with Crippen LogP contribution in [0.15, 0.2) is 0 Å². The van der Waals surface area contributed by atoms with Gasteiger partial charge in [0.1, 0.15) is 0 Å². The van der Waals surface area contributed by atoms with E-state index in [4.69, 9.17) is 0 Å². The molecular formula is C12H24N2. The van der Waals surface area contributed by atoms with Gasteiger partial charge in [0.25, 0.3) is 0 Å². The van der Waals surface area contributed by atoms with Crippen molar-refractivity contribution in [1.29, 1.82) is 0 Å². The van der Waals surface area contributed by atoms with Gasteiger partial charge in [-0.2, -0.15) is 0 Å². The van der Waals surface area contributed by atoms with Crippen LogP contribution in [0.4, 0.5) is 0 Å². The topological polar surface area (TPSA) is 15.3 Å². The maximum atomic E-state index is 3.47. The van der Waals surface area contributed by atoms with Crippen molar-refractivity contribution in [2.75, 3.05) is 26.2 Å². The summed E-state index contributed by atoms with van der Waals surface area (Å²) in [6, 6.07) is 0.841. The van der Waals surface area contributed by atoms with Crippen LogP contribution in [0, 0.1) is 5.92 Å². The highest BCUT2D eigenvalue weighted by atomic mass is 15.2. The van der Waals surface area contributed by atoms with Gasteiger partial charge in [-0.15, -0.1) is 0 Å². The van der Waals surface area contributed by atoms with E-state index in [0.717, 1.165) is 12.0 Å². The molecule has 1 saturated heterocycles. The van der Waals surface area contributed by atoms with Crippen molar-refractivity contribution in [3.63, 3.8) is 0 Å². The van der Waals surface area contributed by atoms with Gasteiger partial charge in [0.2, 0.25) is 0 Å². The largest absolute Gasteiger partial charge is 0.315 e. The van der Waals surface area contributed by atoms with E-state index in [1.54, 1.807) is 0 Å². The highest BCUT2D eigenvalue weighted by Crippen LogP contribution is 2.32. The van der Waals surface area contributed by atoms with Gasteiger partial charge in [-0.1, -0.05) is 19.8 Å². The zero-order chi connectivity index (χ0) is 9.80. The monoisotopic (exact) mass is 196 g/mol. The lowest BCUT2D eigenvalue weighted by atomic mass is 10.2. The first-order valence-electron chi connectivity index (χ1n) is 6.35. The highest BCUT2D eigenvalue weighted by molar-refractivity contribution is 4.82. The second kappa shape index (κ2) is 5.13. The zero-order valence-corrected chi connectivity index (χ0v) is 9.47. The molecule has 0 aromatic heterocycles. The smallest absolute Gasteiger partial charge is 0.0232 e. The van der Waals surface area contributed by atoms with E-state index in [1.165, 1.54) is 58.3 Å². The minimum Gasteiger partial charge on any atom is -0.315 e. The van der Waals surface area contributed by atoms with Gasteiger partial charge in [-0.05, 0) is 44.8 Å². The fourth-order valence-corrected chi connectivity index (χ4v) is 2.47. The third-order valence-electron chi connectivity index (χ3n) is 3.58. The second-order valence-electron chi connectivity index (χ2n) is 4.91. The maximum absolute atomic E-state index is 3.47. The van der Waals surface area contributed by atoms with E-state index in [-0.39, 0.29) is 0 Å². The van der Waals surface area contributed by atoms with Gasteiger partial charge < -0.3 is 5.32 Å². The zero-order valence-electron chi connectivity index (χ0n) is 9.47. The molecule has 0 spiro atoms. The Hall–Kier alpha value is -0.0800. The summed E-state index contributed by atoms with van der Waals surface area (Å²) < 4.78 is 0. The standard InChI is InChI=1S/C12H24N2/c1-2-8-14(9-6-11-3-4-11)12-5-7-13-10-12/h11-13H,2-10H2,1H3. The molecule has 1 atom stereocenters. The fraction of sp³-hybridized carbons (Fsp3) is 1.00. The van der Waals surface area contributed by atoms with E-state index >= 15 is 0 Å². The van der Waals surface area contributed by atoms with Crippen LogP contribution in [0.1, 0.15) is 39.0 Å². The molecule has 0 bridgehead atoms. The molecule has 2 aliphatic rings. The third kappa shape index (κ3) is 2.96. The average Bonchev–Trinajstić information content (AvgIpc) is 2.86. The molecule has 1 saturated carbocycles. The SMILES string of the molecule is CCCN(CCC1CC1)C1CCNC1. The van der Waals surface area contributed by atoms with E-state index in [0.29, 0.717) is 0 Å². The Balaban J connectivity index is 1.72. The van der Waals surface area contributed by atoms with Crippen LogP contribution in [0.25, 0.3) is 0 Å². The lowest BCUT2D eigenvalue weighted by molar-refractivity contribution is 0.202. The number of hydrogen-bond donors (Lipinski definition) is 1. The highest BCUT2D eigenvalue weighted by Gasteiger charge is 2.25. The second-order valence-corrected chi connectivity index (χ2v) is 4.91. The molecule has 1 aliphatic heterocycles. The lowest BCUT2D eigenvalue weighted by Gasteiger charge is -2.27. The minimum atomic E-state index is 0.841. The van der Waals surface area contributed by atoms with Crippen molar-refractivity contribution >= 4 is 0 Å². The molecule has 14 heavy (non-hydrogen) atoms. The molecule has 82 valence electrons. The summed E-state index contributed by atoms with van der Waals surface area (Å²) in [6.07, 6.45) is 7.13. The lowest BCUT2D eigenvalue weighted by Crippen LogP contribution is -2.38. The van der Waals surface area contributed by atoms with Crippen LogP contribution in [0.5, 0.6) is 0 Å². The molecule has 1 aliphatic carbocycles. The molecular weight excluding hydrogens is 172 g/mol. The number of hydrogen-bond acceptors (Lipinski definition) is 2. The Morgan fingerprint density at radius 3 is 2.64 bits per heavy atom. The average molecular weight is 196 g/mol. The van der Waals surface area contributed by atoms with Crippen molar-refractivity contribution in [2.45, 2.75) is 45.1 Å². The molecule has 0 radical (unpaired) electrons. The number of nitrogens with one attached hydrogen (secondary N) is 1. The molecule has 2 fully saturated rings. The Morgan fingerprint density at radius 1 is 1.21 bits per heavy atom. The van der Waals surface area contributed by atoms with Gasteiger partial charge in [0, 0.05) is 12.6 Å². The Labute approximate surface area is 88.1 Å². The number of nitrogens with zero attached hydrogens (tertiary/aromatic N) is 1. The maximum Gasteiger partial charge on any atom is 0.0232 e. The number of rotatable bonds is 6. The molecule has 0 aromatic carbocycles. The molecule has 0 aromatic rings. The van der Waals surface area contributed by atoms with Crippen molar-refractivity contribution in [1.82, 2.24) is 10.2 Å². The van der Waals surface area contributed by atoms with Crippen LogP contribution in [-0.2, 0) is 0 Å². The quantitative estimate of drug-likeness (QED) is 0.697. The summed E-state index contributed by atoms with van der Waals surface area (Å²) in [7, 11) is 0. The van der Waals surface area contributed by atoms with Crippen molar-refractivity contribution in [3.8, 4) is 0 Å². The molecule has 2 nitrogen and oxygen atoms in total. The molecule has 1 heterocycles. The van der Waals surface area contributed by atoms with E-state index in [2.05, 4.69) is 17.1 Å². The molecule has 1 N–H and O–H groups in total. The van der Waals surface area contributed by atoms with Crippen LogP contribution >= 0.6 is 0 Å². The predicted octanol–water partition coefficient (Wildman–Crippen LogP) is 1.86. The summed E-state index contributed by atoms with van der Waals surface area (Å²) in [5.41, 5.74) is 0. The first-order chi connectivity index (χ1) is 6.90. The van der Waals surface area contributed by atoms with Crippen molar-refractivity contribution in [3.05, 3.63) is 0 Å². The fourth-order valence-electron chi connectivity index (χ4n) is 2.47. The summed E-state index contributed by atoms with van der Waals surface area (Å²) in [4.78, 5) is 2.72. The van der Waals surface area contributed by atoms with Gasteiger partial charge in [-0.3, -0.25) is 4.90 Å². The van der Waals surface area contributed by atoms with Crippen molar-refractivity contribution in [2.24, 2.45) is 5.92 Å². The summed E-state index contributed by atoms with van der Waals surface area (Å²) in [5.74, 6) is 1.09. The molecule has 2 rings (SSSR count). The first kappa shape index (κ1) is 10.4. The van der Waals surface area contributed by atoms with Crippen LogP contribution in [0.3, 0.4) is 0 Å². The van der Waals surface area contributed by atoms with Crippen LogP contribution in [0.2, 0.25) is 0 Å². The van der Waals surface area contributed by atoms with E-state index in [1.807, 2.05) is 0 Å². The van der Waals surface area contributed by atoms with Gasteiger partial charge in [0.15, 0.2) is 0 Å². The third-order valence-corrected chi connectivity index (χ3v) is 3.58. The Kier molecular flexibility index (Phi) is 3.82. The van der Waals surface area contributed by atoms with E-state index in [9.17, 15) is 0 Å². The predicted molar refractivity (Wildman–Crippen MR) is 60.5 cm³/mol. The van der Waals surface area contributed by atoms with E-state index < -0.39 is 0 Å². The summed E-state index contributed by atoms with van der Waals surface area (Å²) in [6.45, 7) is 7.41. The molecule has 1 unspecified atom stereocenters. The summed E-state index contributed by atoms with van der Waals surface area (Å²) >= 11 is 0. The van der Waals surface area contributed by atoms with Gasteiger partial charge in [-0.25, -0.2) is 0 Å². The molecule has 2 heteroatoms. The summed E-state index contributed by atoms with van der Waals surface area (Å²) in [5, 5.41) is 3.47. The van der Waals surface area contributed by atoms with Crippen LogP contribution in [-0.4, -0.2) is 37.1 Å². The normalized spacial score (nSPS) is 27.4. The van der Waals surface area contributed by atoms with Crippen LogP contribution < -0.4 is 5.32 Å². The van der Waals surface area contributed by atoms with Crippen molar-refractivity contribution < 1.29 is 0 Å². The van der Waals surface area contributed by atoms with Gasteiger partial charge in [0.05, 0.1) is 0 Å². The Morgan fingerprint density at radius 2 is 2.07 bits per heavy atom. The molecule has 0 amide bonds.